The van der Waals surface area contributed by atoms with Crippen LogP contribution in [0.5, 0.6) is 0 Å². The molecule has 5 heteroatoms. The van der Waals surface area contributed by atoms with Gasteiger partial charge in [-0.3, -0.25) is 0 Å². The van der Waals surface area contributed by atoms with E-state index in [2.05, 4.69) is 5.16 Å². The summed E-state index contributed by atoms with van der Waals surface area (Å²) in [6.45, 7) is 4.31. The van der Waals surface area contributed by atoms with Crippen LogP contribution in [-0.2, 0) is 17.8 Å². The largest absolute Gasteiger partial charge is 0.475 e. The van der Waals surface area contributed by atoms with E-state index in [0.29, 0.717) is 24.3 Å². The Morgan fingerprint density at radius 2 is 2.40 bits per heavy atom. The molecule has 82 valence electrons. The Hall–Kier alpha value is -1.36. The second kappa shape index (κ2) is 3.34. The first-order valence-corrected chi connectivity index (χ1v) is 4.90. The number of rotatable bonds is 2. The lowest BCUT2D eigenvalue weighted by Gasteiger charge is -2.31. The quantitative estimate of drug-likeness (QED) is 0.804. The molecule has 1 aromatic heterocycles. The molecular formula is C10H13NO4. The monoisotopic (exact) mass is 211 g/mol. The number of hydrogen-bond donors (Lipinski definition) is 1. The fraction of sp³-hybridized carbons (Fsp3) is 0.600. The summed E-state index contributed by atoms with van der Waals surface area (Å²) >= 11 is 0. The molecule has 1 N–H and O–H groups in total. The van der Waals surface area contributed by atoms with Gasteiger partial charge in [-0.1, -0.05) is 12.1 Å². The number of nitrogens with zero attached hydrogens (tertiary/aromatic N) is 1. The SMILES string of the molecule is CCC1(C)Cc2c(noc2C(=O)O)CO1. The average Bonchev–Trinajstić information content (AvgIpc) is 2.60. The Morgan fingerprint density at radius 1 is 1.67 bits per heavy atom. The number of fused-ring (bicyclic) bond motifs is 1. The summed E-state index contributed by atoms with van der Waals surface area (Å²) in [6.07, 6.45) is 1.38. The molecule has 1 atom stereocenters. The van der Waals surface area contributed by atoms with Gasteiger partial charge in [0.05, 0.1) is 12.2 Å². The first kappa shape index (κ1) is 10.2. The van der Waals surface area contributed by atoms with Crippen LogP contribution in [0.3, 0.4) is 0 Å². The van der Waals surface area contributed by atoms with Gasteiger partial charge < -0.3 is 14.4 Å². The van der Waals surface area contributed by atoms with Crippen LogP contribution in [-0.4, -0.2) is 21.8 Å². The van der Waals surface area contributed by atoms with Gasteiger partial charge in [-0.15, -0.1) is 0 Å². The second-order valence-corrected chi connectivity index (χ2v) is 4.01. The van der Waals surface area contributed by atoms with Crippen molar-refractivity contribution < 1.29 is 19.2 Å². The molecule has 0 aliphatic carbocycles. The highest BCUT2D eigenvalue weighted by atomic mass is 16.5. The molecule has 5 nitrogen and oxygen atoms in total. The molecule has 0 saturated heterocycles. The lowest BCUT2D eigenvalue weighted by atomic mass is 9.90. The maximum absolute atomic E-state index is 10.9. The molecule has 0 spiro atoms. The molecule has 2 rings (SSSR count). The van der Waals surface area contributed by atoms with Crippen LogP contribution in [0, 0.1) is 0 Å². The third-order valence-corrected chi connectivity index (χ3v) is 2.92. The molecule has 1 unspecified atom stereocenters. The van der Waals surface area contributed by atoms with Crippen molar-refractivity contribution in [3.63, 3.8) is 0 Å². The normalized spacial score (nSPS) is 24.9. The van der Waals surface area contributed by atoms with Crippen molar-refractivity contribution in [2.24, 2.45) is 0 Å². The molecule has 0 radical (unpaired) electrons. The zero-order chi connectivity index (χ0) is 11.1. The number of ether oxygens (including phenoxy) is 1. The van der Waals surface area contributed by atoms with E-state index in [4.69, 9.17) is 14.4 Å². The van der Waals surface area contributed by atoms with Crippen molar-refractivity contribution in [2.45, 2.75) is 38.9 Å². The van der Waals surface area contributed by atoms with E-state index >= 15 is 0 Å². The zero-order valence-electron chi connectivity index (χ0n) is 8.74. The van der Waals surface area contributed by atoms with Crippen molar-refractivity contribution in [1.29, 1.82) is 0 Å². The highest BCUT2D eigenvalue weighted by Gasteiger charge is 2.35. The summed E-state index contributed by atoms with van der Waals surface area (Å²) < 4.78 is 10.4. The van der Waals surface area contributed by atoms with Crippen molar-refractivity contribution >= 4 is 5.97 Å². The lowest BCUT2D eigenvalue weighted by Crippen LogP contribution is -2.34. The van der Waals surface area contributed by atoms with Crippen molar-refractivity contribution in [3.8, 4) is 0 Å². The molecule has 0 bridgehead atoms. The fourth-order valence-electron chi connectivity index (χ4n) is 1.70. The summed E-state index contributed by atoms with van der Waals surface area (Å²) in [5.41, 5.74) is 0.986. The van der Waals surface area contributed by atoms with Gasteiger partial charge in [0.1, 0.15) is 5.69 Å². The standard InChI is InChI=1S/C10H13NO4/c1-3-10(2)4-6-7(5-14-10)11-15-8(6)9(12)13/h3-5H2,1-2H3,(H,12,13). The molecule has 0 aromatic carbocycles. The summed E-state index contributed by atoms with van der Waals surface area (Å²) in [7, 11) is 0. The molecule has 1 aliphatic heterocycles. The number of hydrogen-bond acceptors (Lipinski definition) is 4. The predicted octanol–water partition coefficient (Wildman–Crippen LogP) is 1.61. The third kappa shape index (κ3) is 1.63. The maximum atomic E-state index is 10.9. The molecule has 2 heterocycles. The predicted molar refractivity (Wildman–Crippen MR) is 50.7 cm³/mol. The van der Waals surface area contributed by atoms with Crippen LogP contribution < -0.4 is 0 Å². The number of carboxylic acid groups (broad SMARTS) is 1. The fourth-order valence-corrected chi connectivity index (χ4v) is 1.70. The summed E-state index contributed by atoms with van der Waals surface area (Å²) in [6, 6.07) is 0. The van der Waals surface area contributed by atoms with Crippen LogP contribution in [0.25, 0.3) is 0 Å². The molecule has 1 aromatic rings. The summed E-state index contributed by atoms with van der Waals surface area (Å²) in [5, 5.41) is 12.6. The topological polar surface area (TPSA) is 72.6 Å². The third-order valence-electron chi connectivity index (χ3n) is 2.92. The van der Waals surface area contributed by atoms with Gasteiger partial charge in [-0.05, 0) is 13.3 Å². The van der Waals surface area contributed by atoms with E-state index in [9.17, 15) is 4.79 Å². The van der Waals surface area contributed by atoms with Gasteiger partial charge in [0, 0.05) is 12.0 Å². The smallest absolute Gasteiger partial charge is 0.375 e. The molecule has 15 heavy (non-hydrogen) atoms. The number of carbonyl (C=O) groups is 1. The summed E-state index contributed by atoms with van der Waals surface area (Å²) in [4.78, 5) is 10.9. The van der Waals surface area contributed by atoms with Gasteiger partial charge in [-0.2, -0.15) is 0 Å². The van der Waals surface area contributed by atoms with Gasteiger partial charge in [0.15, 0.2) is 0 Å². The maximum Gasteiger partial charge on any atom is 0.375 e. The van der Waals surface area contributed by atoms with Crippen molar-refractivity contribution in [2.75, 3.05) is 0 Å². The van der Waals surface area contributed by atoms with Gasteiger partial charge in [-0.25, -0.2) is 4.79 Å². The van der Waals surface area contributed by atoms with Crippen LogP contribution in [0.2, 0.25) is 0 Å². The minimum Gasteiger partial charge on any atom is -0.475 e. The molecule has 0 fully saturated rings. The van der Waals surface area contributed by atoms with E-state index < -0.39 is 5.97 Å². The molecule has 1 aliphatic rings. The lowest BCUT2D eigenvalue weighted by molar-refractivity contribution is -0.0579. The Kier molecular flexibility index (Phi) is 2.26. The van der Waals surface area contributed by atoms with Gasteiger partial charge in [0.25, 0.3) is 0 Å². The van der Waals surface area contributed by atoms with Crippen LogP contribution in [0.1, 0.15) is 42.1 Å². The van der Waals surface area contributed by atoms with E-state index in [0.717, 1.165) is 6.42 Å². The van der Waals surface area contributed by atoms with Crippen LogP contribution in [0.15, 0.2) is 4.52 Å². The Balaban J connectivity index is 2.38. The minimum absolute atomic E-state index is 0.0482. The number of aromatic carboxylic acids is 1. The van der Waals surface area contributed by atoms with Crippen molar-refractivity contribution in [1.82, 2.24) is 5.16 Å². The minimum atomic E-state index is -1.07. The Morgan fingerprint density at radius 3 is 3.00 bits per heavy atom. The Bertz CT molecular complexity index is 398. The van der Waals surface area contributed by atoms with E-state index in [1.165, 1.54) is 0 Å². The molecule has 0 amide bonds. The van der Waals surface area contributed by atoms with Crippen LogP contribution in [0.4, 0.5) is 0 Å². The van der Waals surface area contributed by atoms with Crippen LogP contribution >= 0.6 is 0 Å². The average molecular weight is 211 g/mol. The van der Waals surface area contributed by atoms with Gasteiger partial charge >= 0.3 is 5.97 Å². The summed E-state index contributed by atoms with van der Waals surface area (Å²) in [5.74, 6) is -1.11. The first-order chi connectivity index (χ1) is 7.06. The van der Waals surface area contributed by atoms with E-state index in [1.54, 1.807) is 0 Å². The highest BCUT2D eigenvalue weighted by Crippen LogP contribution is 2.31. The van der Waals surface area contributed by atoms with E-state index in [-0.39, 0.29) is 11.4 Å². The zero-order valence-corrected chi connectivity index (χ0v) is 8.74. The number of aromatic nitrogens is 1. The molecular weight excluding hydrogens is 198 g/mol. The second-order valence-electron chi connectivity index (χ2n) is 4.01. The molecule has 0 saturated carbocycles. The first-order valence-electron chi connectivity index (χ1n) is 4.90. The Labute approximate surface area is 87.0 Å². The van der Waals surface area contributed by atoms with E-state index in [1.807, 2.05) is 13.8 Å². The van der Waals surface area contributed by atoms with Crippen molar-refractivity contribution in [3.05, 3.63) is 17.0 Å². The van der Waals surface area contributed by atoms with Gasteiger partial charge in [0.2, 0.25) is 5.76 Å². The highest BCUT2D eigenvalue weighted by molar-refractivity contribution is 5.86. The number of carboxylic acids is 1.